The minimum absolute atomic E-state index is 0.0128. The molecule has 0 aliphatic heterocycles. The Hall–Kier alpha value is -1.85. The zero-order valence-corrected chi connectivity index (χ0v) is 28.5. The molecular formula is C37H58O6. The van der Waals surface area contributed by atoms with Crippen LogP contribution in [0.2, 0.25) is 0 Å². The van der Waals surface area contributed by atoms with Crippen molar-refractivity contribution in [3.05, 3.63) is 11.6 Å². The number of carbonyl (C=O) groups excluding carboxylic acids is 3. The van der Waals surface area contributed by atoms with Gasteiger partial charge in [0.15, 0.2) is 0 Å². The average molecular weight is 599 g/mol. The molecule has 242 valence electrons. The van der Waals surface area contributed by atoms with Crippen LogP contribution in [0.4, 0.5) is 0 Å². The minimum atomic E-state index is -0.374. The van der Waals surface area contributed by atoms with Gasteiger partial charge in [-0.05, 0) is 110 Å². The third kappa shape index (κ3) is 4.90. The van der Waals surface area contributed by atoms with E-state index in [2.05, 4.69) is 54.5 Å². The average Bonchev–Trinajstić information content (AvgIpc) is 2.94. The number of rotatable bonds is 6. The van der Waals surface area contributed by atoms with Crippen molar-refractivity contribution in [1.29, 1.82) is 0 Å². The molecule has 8 atom stereocenters. The zero-order valence-electron chi connectivity index (χ0n) is 28.5. The van der Waals surface area contributed by atoms with E-state index in [4.69, 9.17) is 14.2 Å². The van der Waals surface area contributed by atoms with Crippen molar-refractivity contribution >= 4 is 17.9 Å². The molecule has 0 heterocycles. The SMILES string of the molecule is COC(=O)CCCC(=O)O[C@H]1CC[C@@]2(C)C(CC[C@]3(C)C2CC=C2C4CC(C)(C)CC[C@]4(C(=O)OC)CC[C@]23C)C1(C)C. The number of ether oxygens (including phenoxy) is 3. The van der Waals surface area contributed by atoms with Gasteiger partial charge < -0.3 is 14.2 Å². The van der Waals surface area contributed by atoms with Crippen LogP contribution in [-0.2, 0) is 28.6 Å². The fourth-order valence-corrected chi connectivity index (χ4v) is 11.7. The summed E-state index contributed by atoms with van der Waals surface area (Å²) in [5.74, 6) is 0.799. The lowest BCUT2D eigenvalue weighted by molar-refractivity contribution is -0.214. The molecule has 0 N–H and O–H groups in total. The molecular weight excluding hydrogens is 540 g/mol. The first-order valence-electron chi connectivity index (χ1n) is 17.1. The summed E-state index contributed by atoms with van der Waals surface area (Å²) in [5.41, 5.74) is 1.65. The van der Waals surface area contributed by atoms with E-state index in [0.29, 0.717) is 18.3 Å². The van der Waals surface area contributed by atoms with Gasteiger partial charge in [0.2, 0.25) is 0 Å². The molecule has 6 nitrogen and oxygen atoms in total. The van der Waals surface area contributed by atoms with Crippen LogP contribution in [0.15, 0.2) is 11.6 Å². The quantitative estimate of drug-likeness (QED) is 0.174. The van der Waals surface area contributed by atoms with Gasteiger partial charge in [-0.15, -0.1) is 0 Å². The molecule has 0 radical (unpaired) electrons. The summed E-state index contributed by atoms with van der Waals surface area (Å²) in [7, 11) is 2.95. The van der Waals surface area contributed by atoms with Gasteiger partial charge in [-0.1, -0.05) is 60.1 Å². The first kappa shape index (κ1) is 32.5. The molecule has 0 bridgehead atoms. The number of allylic oxidation sites excluding steroid dienone is 2. The summed E-state index contributed by atoms with van der Waals surface area (Å²) in [6.07, 6.45) is 13.8. The first-order valence-corrected chi connectivity index (χ1v) is 17.1. The van der Waals surface area contributed by atoms with E-state index in [0.717, 1.165) is 64.2 Å². The van der Waals surface area contributed by atoms with Crippen LogP contribution in [0.5, 0.6) is 0 Å². The molecule has 5 aliphatic carbocycles. The van der Waals surface area contributed by atoms with Gasteiger partial charge in [-0.25, -0.2) is 0 Å². The predicted octanol–water partition coefficient (Wildman–Crippen LogP) is 8.22. The van der Waals surface area contributed by atoms with Crippen LogP contribution in [0.25, 0.3) is 0 Å². The van der Waals surface area contributed by atoms with E-state index in [1.54, 1.807) is 12.7 Å². The van der Waals surface area contributed by atoms with Crippen LogP contribution >= 0.6 is 0 Å². The molecule has 43 heavy (non-hydrogen) atoms. The second-order valence-electron chi connectivity index (χ2n) is 17.1. The van der Waals surface area contributed by atoms with Crippen molar-refractivity contribution in [2.24, 2.45) is 50.2 Å². The maximum absolute atomic E-state index is 13.5. The minimum Gasteiger partial charge on any atom is -0.469 e. The Morgan fingerprint density at radius 2 is 1.47 bits per heavy atom. The van der Waals surface area contributed by atoms with Gasteiger partial charge in [0.05, 0.1) is 19.6 Å². The highest BCUT2D eigenvalue weighted by Crippen LogP contribution is 2.76. The normalized spacial score (nSPS) is 42.6. The molecule has 5 rings (SSSR count). The molecule has 0 spiro atoms. The summed E-state index contributed by atoms with van der Waals surface area (Å²) in [5, 5.41) is 0. The van der Waals surface area contributed by atoms with Crippen LogP contribution < -0.4 is 0 Å². The maximum Gasteiger partial charge on any atom is 0.312 e. The number of methoxy groups -OCH3 is 2. The van der Waals surface area contributed by atoms with Gasteiger partial charge in [0.1, 0.15) is 6.10 Å². The number of esters is 3. The van der Waals surface area contributed by atoms with Gasteiger partial charge in [0.25, 0.3) is 0 Å². The van der Waals surface area contributed by atoms with E-state index in [9.17, 15) is 14.4 Å². The fraction of sp³-hybridized carbons (Fsp3) is 0.865. The second kappa shape index (κ2) is 10.9. The Labute approximate surface area is 260 Å². The van der Waals surface area contributed by atoms with Crippen molar-refractivity contribution in [1.82, 2.24) is 0 Å². The molecule has 0 aromatic rings. The summed E-state index contributed by atoms with van der Waals surface area (Å²) < 4.78 is 16.4. The molecule has 0 amide bonds. The maximum atomic E-state index is 13.5. The summed E-state index contributed by atoms with van der Waals surface area (Å²) in [6, 6.07) is 0. The van der Waals surface area contributed by atoms with Gasteiger partial charge in [-0.3, -0.25) is 14.4 Å². The third-order valence-electron chi connectivity index (χ3n) is 14.4. The topological polar surface area (TPSA) is 78.9 Å². The van der Waals surface area contributed by atoms with E-state index >= 15 is 0 Å². The van der Waals surface area contributed by atoms with Crippen molar-refractivity contribution in [3.8, 4) is 0 Å². The lowest BCUT2D eigenvalue weighted by atomic mass is 9.33. The second-order valence-corrected chi connectivity index (χ2v) is 17.1. The largest absolute Gasteiger partial charge is 0.469 e. The number of carbonyl (C=O) groups is 3. The van der Waals surface area contributed by atoms with Gasteiger partial charge in [-0.2, -0.15) is 0 Å². The summed E-state index contributed by atoms with van der Waals surface area (Å²) in [6.45, 7) is 17.1. The van der Waals surface area contributed by atoms with Crippen LogP contribution in [0.1, 0.15) is 132 Å². The van der Waals surface area contributed by atoms with Crippen LogP contribution in [-0.4, -0.2) is 38.2 Å². The molecule has 4 saturated carbocycles. The Bertz CT molecular complexity index is 1170. The van der Waals surface area contributed by atoms with Crippen molar-refractivity contribution in [2.75, 3.05) is 14.2 Å². The molecule has 4 fully saturated rings. The zero-order chi connectivity index (χ0) is 31.6. The Balaban J connectivity index is 1.41. The molecule has 5 aliphatic rings. The van der Waals surface area contributed by atoms with Crippen molar-refractivity contribution in [3.63, 3.8) is 0 Å². The lowest BCUT2D eigenvalue weighted by Crippen LogP contribution is -2.65. The van der Waals surface area contributed by atoms with Gasteiger partial charge in [0, 0.05) is 18.3 Å². The lowest BCUT2D eigenvalue weighted by Gasteiger charge is -2.71. The molecule has 0 aromatic carbocycles. The Morgan fingerprint density at radius 1 is 0.791 bits per heavy atom. The molecule has 6 heteroatoms. The molecule has 0 aromatic heterocycles. The van der Waals surface area contributed by atoms with Crippen LogP contribution in [0, 0.1) is 50.2 Å². The number of hydrogen-bond donors (Lipinski definition) is 0. The molecule has 3 unspecified atom stereocenters. The van der Waals surface area contributed by atoms with E-state index < -0.39 is 0 Å². The van der Waals surface area contributed by atoms with Gasteiger partial charge >= 0.3 is 17.9 Å². The highest BCUT2D eigenvalue weighted by atomic mass is 16.5. The Kier molecular flexibility index (Phi) is 8.25. The van der Waals surface area contributed by atoms with E-state index in [1.807, 2.05) is 0 Å². The highest BCUT2D eigenvalue weighted by molar-refractivity contribution is 5.78. The fourth-order valence-electron chi connectivity index (χ4n) is 11.7. The van der Waals surface area contributed by atoms with Crippen LogP contribution in [0.3, 0.4) is 0 Å². The standard InChI is InChI=1S/C37H58O6/c1-32(2)19-21-37(31(40)42-9)22-20-35(6)24(25(37)23-32)13-14-27-34(5)17-16-28(43-30(39)12-10-11-29(38)41-8)33(3,4)26(34)15-18-36(27,35)7/h13,25-28H,10-12,14-23H2,1-9H3/t25?,26?,27?,28-,34-,35+,36+,37-/m0/s1. The summed E-state index contributed by atoms with van der Waals surface area (Å²) in [4.78, 5) is 37.8. The first-order chi connectivity index (χ1) is 20.0. The monoisotopic (exact) mass is 598 g/mol. The smallest absolute Gasteiger partial charge is 0.312 e. The van der Waals surface area contributed by atoms with E-state index in [1.165, 1.54) is 7.11 Å². The molecule has 0 saturated heterocycles. The van der Waals surface area contributed by atoms with Crippen molar-refractivity contribution in [2.45, 2.75) is 138 Å². The van der Waals surface area contributed by atoms with E-state index in [-0.39, 0.29) is 75.3 Å². The number of hydrogen-bond acceptors (Lipinski definition) is 6. The highest BCUT2D eigenvalue weighted by Gasteiger charge is 2.69. The predicted molar refractivity (Wildman–Crippen MR) is 167 cm³/mol. The number of fused-ring (bicyclic) bond motifs is 7. The summed E-state index contributed by atoms with van der Waals surface area (Å²) >= 11 is 0. The van der Waals surface area contributed by atoms with Crippen molar-refractivity contribution < 1.29 is 28.6 Å². The third-order valence-corrected chi connectivity index (χ3v) is 14.4. The Morgan fingerprint density at radius 3 is 2.14 bits per heavy atom.